The number of alkyl halides is 5. The number of hydrogen-bond acceptors (Lipinski definition) is 3. The molecule has 0 saturated carbocycles. The zero-order valence-corrected chi connectivity index (χ0v) is 13.7. The third-order valence-corrected chi connectivity index (χ3v) is 4.50. The minimum absolute atomic E-state index is 0.114. The Labute approximate surface area is 146 Å². The van der Waals surface area contributed by atoms with Crippen LogP contribution in [-0.4, -0.2) is 27.3 Å². The first kappa shape index (κ1) is 17.7. The van der Waals surface area contributed by atoms with E-state index >= 15 is 0 Å². The lowest BCUT2D eigenvalue weighted by atomic mass is 10.1. The summed E-state index contributed by atoms with van der Waals surface area (Å²) >= 11 is 6.85. The number of Topliss-reactive ketones (excluding diaryl/α,β-unsaturated/α-hetero) is 1. The SMILES string of the molecule is O=C(c1c[n+](Cc2cnc(Cl)s2)c2ccccn12)C(F)(F)C(F)(F)F. The molecule has 0 aliphatic heterocycles. The quantitative estimate of drug-likeness (QED) is 0.382. The van der Waals surface area contributed by atoms with Crippen LogP contribution in [0.1, 0.15) is 15.4 Å². The molecular formula is C14H8ClF5N3OS+. The van der Waals surface area contributed by atoms with E-state index in [1.807, 2.05) is 0 Å². The highest BCUT2D eigenvalue weighted by atomic mass is 35.5. The zero-order chi connectivity index (χ0) is 18.4. The van der Waals surface area contributed by atoms with E-state index < -0.39 is 23.6 Å². The van der Waals surface area contributed by atoms with E-state index in [1.54, 1.807) is 6.07 Å². The topological polar surface area (TPSA) is 38.2 Å². The van der Waals surface area contributed by atoms with E-state index in [2.05, 4.69) is 4.98 Å². The number of rotatable bonds is 4. The van der Waals surface area contributed by atoms with E-state index in [-0.39, 0.29) is 16.7 Å². The molecule has 0 aliphatic carbocycles. The average molecular weight is 397 g/mol. The Morgan fingerprint density at radius 2 is 2.00 bits per heavy atom. The van der Waals surface area contributed by atoms with Crippen LogP contribution in [0.25, 0.3) is 5.65 Å². The minimum atomic E-state index is -5.97. The van der Waals surface area contributed by atoms with Gasteiger partial charge in [0, 0.05) is 12.3 Å². The standard InChI is InChI=1S/C14H8ClF5N3OS/c15-12-21-5-8(25-12)6-22-7-9(23-4-2-1-3-10(22)23)11(24)13(16,17)14(18,19)20/h1-5,7H,6H2/q+1. The molecule has 0 bridgehead atoms. The van der Waals surface area contributed by atoms with E-state index in [4.69, 9.17) is 11.6 Å². The van der Waals surface area contributed by atoms with Gasteiger partial charge in [-0.1, -0.05) is 17.7 Å². The van der Waals surface area contributed by atoms with Crippen molar-refractivity contribution in [3.8, 4) is 0 Å². The van der Waals surface area contributed by atoms with Crippen molar-refractivity contribution in [3.63, 3.8) is 0 Å². The Kier molecular flexibility index (Phi) is 4.28. The average Bonchev–Trinajstić information content (AvgIpc) is 3.10. The van der Waals surface area contributed by atoms with E-state index in [0.29, 0.717) is 4.88 Å². The van der Waals surface area contributed by atoms with Crippen LogP contribution >= 0.6 is 22.9 Å². The summed E-state index contributed by atoms with van der Waals surface area (Å²) in [4.78, 5) is 16.3. The van der Waals surface area contributed by atoms with Gasteiger partial charge < -0.3 is 0 Å². The van der Waals surface area contributed by atoms with Crippen LogP contribution < -0.4 is 4.57 Å². The lowest BCUT2D eigenvalue weighted by Crippen LogP contribution is -2.44. The molecule has 0 unspecified atom stereocenters. The highest BCUT2D eigenvalue weighted by Crippen LogP contribution is 2.38. The number of carbonyl (C=O) groups excluding carboxylic acids is 1. The number of fused-ring (bicyclic) bond motifs is 1. The van der Waals surface area contributed by atoms with E-state index in [0.717, 1.165) is 21.9 Å². The Hall–Kier alpha value is -2.07. The molecule has 3 aromatic heterocycles. The first-order valence-electron chi connectivity index (χ1n) is 6.70. The predicted octanol–water partition coefficient (Wildman–Crippen LogP) is 3.77. The number of carbonyl (C=O) groups is 1. The van der Waals surface area contributed by atoms with Gasteiger partial charge in [0.25, 0.3) is 11.4 Å². The third-order valence-electron chi connectivity index (χ3n) is 3.40. The molecule has 0 fully saturated rings. The van der Waals surface area contributed by atoms with Gasteiger partial charge in [-0.25, -0.2) is 9.55 Å². The summed E-state index contributed by atoms with van der Waals surface area (Å²) in [5.41, 5.74) is -0.498. The maximum Gasteiger partial charge on any atom is 0.461 e. The predicted molar refractivity (Wildman–Crippen MR) is 79.2 cm³/mol. The number of aromatic nitrogens is 3. The number of pyridine rings is 1. The normalized spacial score (nSPS) is 12.7. The van der Waals surface area contributed by atoms with Crippen LogP contribution in [0.3, 0.4) is 0 Å². The van der Waals surface area contributed by atoms with E-state index in [1.165, 1.54) is 29.1 Å². The molecule has 3 rings (SSSR count). The smallest absolute Gasteiger partial charge is 0.283 e. The van der Waals surface area contributed by atoms with Crippen molar-refractivity contribution in [1.29, 1.82) is 0 Å². The molecule has 0 spiro atoms. The van der Waals surface area contributed by atoms with Gasteiger partial charge in [0.1, 0.15) is 12.7 Å². The highest BCUT2D eigenvalue weighted by molar-refractivity contribution is 7.15. The van der Waals surface area contributed by atoms with Gasteiger partial charge in [0.05, 0.1) is 11.1 Å². The summed E-state index contributed by atoms with van der Waals surface area (Å²) in [6.45, 7) is 0.114. The van der Waals surface area contributed by atoms with Gasteiger partial charge in [-0.15, -0.1) is 11.3 Å². The second kappa shape index (κ2) is 6.03. The minimum Gasteiger partial charge on any atom is -0.283 e. The van der Waals surface area contributed by atoms with Crippen molar-refractivity contribution < 1.29 is 31.3 Å². The number of imidazole rings is 1. The lowest BCUT2D eigenvalue weighted by Gasteiger charge is -2.16. The van der Waals surface area contributed by atoms with Crippen LogP contribution in [-0.2, 0) is 6.54 Å². The van der Waals surface area contributed by atoms with Gasteiger partial charge in [-0.05, 0) is 6.07 Å². The molecule has 0 aromatic carbocycles. The van der Waals surface area contributed by atoms with Crippen molar-refractivity contribution in [2.24, 2.45) is 0 Å². The Balaban J connectivity index is 2.09. The van der Waals surface area contributed by atoms with Crippen molar-refractivity contribution in [2.75, 3.05) is 0 Å². The summed E-state index contributed by atoms with van der Waals surface area (Å²) in [6, 6.07) is 4.48. The van der Waals surface area contributed by atoms with Crippen molar-refractivity contribution in [1.82, 2.24) is 9.38 Å². The number of hydrogen-bond donors (Lipinski definition) is 0. The monoisotopic (exact) mass is 396 g/mol. The number of nitrogens with zero attached hydrogens (tertiary/aromatic N) is 3. The van der Waals surface area contributed by atoms with Crippen LogP contribution in [0, 0.1) is 0 Å². The fourth-order valence-corrected chi connectivity index (χ4v) is 3.23. The summed E-state index contributed by atoms with van der Waals surface area (Å²) in [5.74, 6) is -7.80. The molecule has 25 heavy (non-hydrogen) atoms. The Bertz CT molecular complexity index is 949. The molecule has 3 heterocycles. The molecule has 132 valence electrons. The molecule has 0 atom stereocenters. The summed E-state index contributed by atoms with van der Waals surface area (Å²) in [7, 11) is 0. The Morgan fingerprint density at radius 3 is 2.60 bits per heavy atom. The summed E-state index contributed by atoms with van der Waals surface area (Å²) in [6.07, 6.45) is -2.31. The first-order chi connectivity index (χ1) is 11.6. The summed E-state index contributed by atoms with van der Waals surface area (Å²) < 4.78 is 67.1. The van der Waals surface area contributed by atoms with Crippen molar-refractivity contribution in [3.05, 3.63) is 51.8 Å². The van der Waals surface area contributed by atoms with Gasteiger partial charge in [-0.3, -0.25) is 4.79 Å². The molecule has 0 aliphatic rings. The second-order valence-corrected chi connectivity index (χ2v) is 6.75. The van der Waals surface area contributed by atoms with Crippen LogP contribution in [0.2, 0.25) is 4.47 Å². The second-order valence-electron chi connectivity index (χ2n) is 5.05. The number of ketones is 1. The van der Waals surface area contributed by atoms with Gasteiger partial charge >= 0.3 is 12.1 Å². The maximum absolute atomic E-state index is 13.5. The molecule has 3 aromatic rings. The van der Waals surface area contributed by atoms with Crippen LogP contribution in [0.4, 0.5) is 22.0 Å². The van der Waals surface area contributed by atoms with E-state index in [9.17, 15) is 26.7 Å². The molecule has 11 heteroatoms. The number of thiazole rings is 1. The molecule has 0 radical (unpaired) electrons. The summed E-state index contributed by atoms with van der Waals surface area (Å²) in [5, 5.41) is 0. The van der Waals surface area contributed by atoms with Gasteiger partial charge in [0.15, 0.2) is 4.47 Å². The molecule has 0 saturated heterocycles. The van der Waals surface area contributed by atoms with Gasteiger partial charge in [-0.2, -0.15) is 26.4 Å². The lowest BCUT2D eigenvalue weighted by molar-refractivity contribution is -0.661. The fraction of sp³-hybridized carbons (Fsp3) is 0.214. The van der Waals surface area contributed by atoms with Crippen LogP contribution in [0.5, 0.6) is 0 Å². The third kappa shape index (κ3) is 3.11. The highest BCUT2D eigenvalue weighted by Gasteiger charge is 2.64. The van der Waals surface area contributed by atoms with Crippen molar-refractivity contribution in [2.45, 2.75) is 18.6 Å². The Morgan fingerprint density at radius 1 is 1.28 bits per heavy atom. The maximum atomic E-state index is 13.5. The first-order valence-corrected chi connectivity index (χ1v) is 7.90. The fourth-order valence-electron chi connectivity index (χ4n) is 2.26. The molecule has 0 N–H and O–H groups in total. The zero-order valence-electron chi connectivity index (χ0n) is 12.1. The molecule has 0 amide bonds. The number of halogens is 6. The van der Waals surface area contributed by atoms with Gasteiger partial charge in [0.2, 0.25) is 5.69 Å². The largest absolute Gasteiger partial charge is 0.461 e. The van der Waals surface area contributed by atoms with Crippen molar-refractivity contribution >= 4 is 34.4 Å². The van der Waals surface area contributed by atoms with Crippen LogP contribution in [0.15, 0.2) is 36.8 Å². The molecule has 4 nitrogen and oxygen atoms in total. The molecular weight excluding hydrogens is 389 g/mol.